The third kappa shape index (κ3) is 4.58. The average molecular weight is 363 g/mol. The molecule has 0 saturated heterocycles. The molecule has 1 unspecified atom stereocenters. The van der Waals surface area contributed by atoms with Gasteiger partial charge in [0.25, 0.3) is 5.91 Å². The molecule has 27 heavy (non-hydrogen) atoms. The highest BCUT2D eigenvalue weighted by Crippen LogP contribution is 2.24. The Morgan fingerprint density at radius 3 is 2.59 bits per heavy atom. The van der Waals surface area contributed by atoms with Crippen LogP contribution in [0.5, 0.6) is 0 Å². The molecule has 0 aliphatic rings. The fourth-order valence-electron chi connectivity index (χ4n) is 2.83. The molecule has 0 aliphatic carbocycles. The summed E-state index contributed by atoms with van der Waals surface area (Å²) < 4.78 is 1.97. The van der Waals surface area contributed by atoms with Crippen molar-refractivity contribution in [3.8, 4) is 11.3 Å². The van der Waals surface area contributed by atoms with Gasteiger partial charge in [-0.15, -0.1) is 0 Å². The van der Waals surface area contributed by atoms with E-state index in [0.717, 1.165) is 5.56 Å². The number of carbonyl (C=O) groups excluding carboxylic acids is 1. The number of aryl methyl sites for hydroxylation is 1. The molecule has 0 spiro atoms. The Hall–Kier alpha value is -3.02. The summed E-state index contributed by atoms with van der Waals surface area (Å²) in [6.45, 7) is 8.80. The van der Waals surface area contributed by atoms with Crippen molar-refractivity contribution in [2.45, 2.75) is 40.3 Å². The van der Waals surface area contributed by atoms with Gasteiger partial charge in [-0.2, -0.15) is 0 Å². The number of imidazole rings is 1. The van der Waals surface area contributed by atoms with E-state index < -0.39 is 0 Å². The molecular weight excluding hydrogens is 338 g/mol. The molecule has 3 rings (SSSR count). The third-order valence-electron chi connectivity index (χ3n) is 4.50. The Morgan fingerprint density at radius 1 is 1.22 bits per heavy atom. The lowest BCUT2D eigenvalue weighted by atomic mass is 9.86. The van der Waals surface area contributed by atoms with E-state index in [1.54, 1.807) is 18.7 Å². The SMILES string of the molecule is Cc1ncc(C(=O)NC(Cn2ccnc2)C(C)(C)C)c(-c2ccccc2)n1. The molecule has 140 valence electrons. The monoisotopic (exact) mass is 363 g/mol. The van der Waals surface area contributed by atoms with Gasteiger partial charge in [0.1, 0.15) is 5.82 Å². The number of benzene rings is 1. The zero-order valence-corrected chi connectivity index (χ0v) is 16.2. The average Bonchev–Trinajstić information content (AvgIpc) is 3.14. The topological polar surface area (TPSA) is 72.7 Å². The minimum atomic E-state index is -0.172. The predicted octanol–water partition coefficient (Wildman–Crippen LogP) is 3.49. The first kappa shape index (κ1) is 18.8. The summed E-state index contributed by atoms with van der Waals surface area (Å²) in [7, 11) is 0. The van der Waals surface area contributed by atoms with Crippen LogP contribution in [0.15, 0.2) is 55.2 Å². The van der Waals surface area contributed by atoms with Crippen LogP contribution in [0.4, 0.5) is 0 Å². The van der Waals surface area contributed by atoms with Gasteiger partial charge in [0.05, 0.1) is 23.6 Å². The molecular formula is C21H25N5O. The van der Waals surface area contributed by atoms with Gasteiger partial charge < -0.3 is 9.88 Å². The van der Waals surface area contributed by atoms with Gasteiger partial charge in [-0.1, -0.05) is 51.1 Å². The van der Waals surface area contributed by atoms with Gasteiger partial charge in [0.2, 0.25) is 0 Å². The van der Waals surface area contributed by atoms with Gasteiger partial charge in [0.15, 0.2) is 0 Å². The summed E-state index contributed by atoms with van der Waals surface area (Å²) in [6.07, 6.45) is 7.00. The van der Waals surface area contributed by atoms with E-state index in [2.05, 4.69) is 41.0 Å². The number of hydrogen-bond donors (Lipinski definition) is 1. The molecule has 3 aromatic rings. The maximum absolute atomic E-state index is 13.1. The summed E-state index contributed by atoms with van der Waals surface area (Å²) in [5.41, 5.74) is 1.90. The Balaban J connectivity index is 1.90. The van der Waals surface area contributed by atoms with E-state index in [9.17, 15) is 4.79 Å². The summed E-state index contributed by atoms with van der Waals surface area (Å²) in [5.74, 6) is 0.463. The standard InChI is InChI=1S/C21H25N5O/c1-15-23-12-17(19(24-15)16-8-6-5-7-9-16)20(27)25-18(21(2,3)4)13-26-11-10-22-14-26/h5-12,14,18H,13H2,1-4H3,(H,25,27). The lowest BCUT2D eigenvalue weighted by molar-refractivity contribution is 0.0892. The molecule has 0 radical (unpaired) electrons. The molecule has 1 aromatic carbocycles. The predicted molar refractivity (Wildman–Crippen MR) is 105 cm³/mol. The number of aromatic nitrogens is 4. The number of rotatable bonds is 5. The Labute approximate surface area is 159 Å². The van der Waals surface area contributed by atoms with Gasteiger partial charge in [-0.25, -0.2) is 15.0 Å². The van der Waals surface area contributed by atoms with Crippen molar-refractivity contribution in [1.29, 1.82) is 0 Å². The van der Waals surface area contributed by atoms with Crippen LogP contribution in [-0.2, 0) is 6.54 Å². The van der Waals surface area contributed by atoms with Crippen molar-refractivity contribution >= 4 is 5.91 Å². The van der Waals surface area contributed by atoms with Crippen molar-refractivity contribution in [3.63, 3.8) is 0 Å². The van der Waals surface area contributed by atoms with Crippen LogP contribution in [0, 0.1) is 12.3 Å². The number of nitrogens with one attached hydrogen (secondary N) is 1. The fraction of sp³-hybridized carbons (Fsp3) is 0.333. The van der Waals surface area contributed by atoms with Gasteiger partial charge in [0, 0.05) is 30.7 Å². The highest BCUT2D eigenvalue weighted by Gasteiger charge is 2.28. The number of nitrogens with zero attached hydrogens (tertiary/aromatic N) is 4. The maximum atomic E-state index is 13.1. The maximum Gasteiger partial charge on any atom is 0.255 e. The lowest BCUT2D eigenvalue weighted by Gasteiger charge is -2.32. The molecule has 0 fully saturated rings. The van der Waals surface area contributed by atoms with Crippen molar-refractivity contribution in [2.24, 2.45) is 5.41 Å². The van der Waals surface area contributed by atoms with Crippen LogP contribution in [-0.4, -0.2) is 31.5 Å². The van der Waals surface area contributed by atoms with E-state index in [-0.39, 0.29) is 17.4 Å². The Bertz CT molecular complexity index is 898. The van der Waals surface area contributed by atoms with E-state index in [0.29, 0.717) is 23.6 Å². The molecule has 1 N–H and O–H groups in total. The first-order valence-corrected chi connectivity index (χ1v) is 9.00. The molecule has 0 aliphatic heterocycles. The van der Waals surface area contributed by atoms with E-state index in [1.807, 2.05) is 48.0 Å². The van der Waals surface area contributed by atoms with Crippen LogP contribution in [0.1, 0.15) is 37.0 Å². The second-order valence-corrected chi connectivity index (χ2v) is 7.70. The van der Waals surface area contributed by atoms with Crippen LogP contribution < -0.4 is 5.32 Å². The second-order valence-electron chi connectivity index (χ2n) is 7.70. The largest absolute Gasteiger partial charge is 0.347 e. The van der Waals surface area contributed by atoms with Crippen molar-refractivity contribution < 1.29 is 4.79 Å². The molecule has 1 amide bonds. The summed E-state index contributed by atoms with van der Waals surface area (Å²) >= 11 is 0. The molecule has 0 bridgehead atoms. The van der Waals surface area contributed by atoms with Gasteiger partial charge >= 0.3 is 0 Å². The van der Waals surface area contributed by atoms with E-state index in [1.165, 1.54) is 0 Å². The lowest BCUT2D eigenvalue weighted by Crippen LogP contribution is -2.46. The number of hydrogen-bond acceptors (Lipinski definition) is 4. The van der Waals surface area contributed by atoms with E-state index >= 15 is 0 Å². The molecule has 2 heterocycles. The van der Waals surface area contributed by atoms with E-state index in [4.69, 9.17) is 0 Å². The van der Waals surface area contributed by atoms with Crippen LogP contribution in [0.3, 0.4) is 0 Å². The molecule has 6 heteroatoms. The van der Waals surface area contributed by atoms with Crippen LogP contribution in [0.2, 0.25) is 0 Å². The highest BCUT2D eigenvalue weighted by atomic mass is 16.1. The second kappa shape index (κ2) is 7.70. The molecule has 1 atom stereocenters. The summed E-state index contributed by atoms with van der Waals surface area (Å²) in [4.78, 5) is 26.0. The minimum absolute atomic E-state index is 0.0795. The normalized spacial score (nSPS) is 12.6. The number of carbonyl (C=O) groups is 1. The van der Waals surface area contributed by atoms with Crippen molar-refractivity contribution in [3.05, 3.63) is 66.6 Å². The highest BCUT2D eigenvalue weighted by molar-refractivity contribution is 5.99. The summed E-state index contributed by atoms with van der Waals surface area (Å²) in [5, 5.41) is 3.17. The first-order chi connectivity index (χ1) is 12.8. The first-order valence-electron chi connectivity index (χ1n) is 9.00. The molecule has 0 saturated carbocycles. The zero-order chi connectivity index (χ0) is 19.4. The Kier molecular flexibility index (Phi) is 5.35. The van der Waals surface area contributed by atoms with Crippen LogP contribution >= 0.6 is 0 Å². The summed E-state index contributed by atoms with van der Waals surface area (Å²) in [6, 6.07) is 9.63. The van der Waals surface area contributed by atoms with Crippen molar-refractivity contribution in [2.75, 3.05) is 0 Å². The Morgan fingerprint density at radius 2 is 1.96 bits per heavy atom. The zero-order valence-electron chi connectivity index (χ0n) is 16.2. The van der Waals surface area contributed by atoms with Gasteiger partial charge in [-0.05, 0) is 12.3 Å². The third-order valence-corrected chi connectivity index (χ3v) is 4.50. The van der Waals surface area contributed by atoms with Crippen molar-refractivity contribution in [1.82, 2.24) is 24.8 Å². The quantitative estimate of drug-likeness (QED) is 0.753. The van der Waals surface area contributed by atoms with Crippen LogP contribution in [0.25, 0.3) is 11.3 Å². The minimum Gasteiger partial charge on any atom is -0.347 e. The molecule has 2 aromatic heterocycles. The smallest absolute Gasteiger partial charge is 0.255 e. The number of amides is 1. The van der Waals surface area contributed by atoms with Gasteiger partial charge in [-0.3, -0.25) is 4.79 Å². The fourth-order valence-corrected chi connectivity index (χ4v) is 2.83. The molecule has 6 nitrogen and oxygen atoms in total.